The van der Waals surface area contributed by atoms with Crippen LogP contribution in [0, 0.1) is 11.7 Å². The predicted molar refractivity (Wildman–Crippen MR) is 56.3 cm³/mol. The Morgan fingerprint density at radius 1 is 1.47 bits per heavy atom. The fraction of sp³-hybridized carbons (Fsp3) is 0.545. The van der Waals surface area contributed by atoms with E-state index in [4.69, 9.17) is 0 Å². The summed E-state index contributed by atoms with van der Waals surface area (Å²) in [5.41, 5.74) is 0.917. The van der Waals surface area contributed by atoms with Crippen molar-refractivity contribution in [1.29, 1.82) is 0 Å². The van der Waals surface area contributed by atoms with Crippen molar-refractivity contribution in [2.45, 2.75) is 12.5 Å². The zero-order valence-corrected chi connectivity index (χ0v) is 8.49. The van der Waals surface area contributed by atoms with Crippen molar-refractivity contribution >= 4 is 5.69 Å². The van der Waals surface area contributed by atoms with Crippen LogP contribution in [-0.2, 0) is 0 Å². The van der Waals surface area contributed by atoms with Gasteiger partial charge in [-0.2, -0.15) is 0 Å². The second-order valence-electron chi connectivity index (χ2n) is 4.33. The quantitative estimate of drug-likeness (QED) is 0.745. The van der Waals surface area contributed by atoms with E-state index < -0.39 is 0 Å². The predicted octanol–water partition coefficient (Wildman–Crippen LogP) is 1.02. The van der Waals surface area contributed by atoms with Gasteiger partial charge in [-0.15, -0.1) is 0 Å². The number of hydrogen-bond acceptors (Lipinski definition) is 3. The zero-order valence-electron chi connectivity index (χ0n) is 8.49. The minimum atomic E-state index is -0.250. The monoisotopic (exact) mass is 207 g/mol. The van der Waals surface area contributed by atoms with Crippen LogP contribution < -0.4 is 10.2 Å². The van der Waals surface area contributed by atoms with Gasteiger partial charge in [0.05, 0.1) is 18.1 Å². The third-order valence-corrected chi connectivity index (χ3v) is 3.44. The molecule has 0 spiro atoms. The van der Waals surface area contributed by atoms with Gasteiger partial charge in [0.1, 0.15) is 5.82 Å². The number of piperidine rings is 1. The molecule has 1 aromatic heterocycles. The maximum absolute atomic E-state index is 13.0. The summed E-state index contributed by atoms with van der Waals surface area (Å²) in [5.74, 6) is 0.536. The number of nitrogens with zero attached hydrogens (tertiary/aromatic N) is 2. The number of aromatic nitrogens is 1. The summed E-state index contributed by atoms with van der Waals surface area (Å²) < 4.78 is 13.0. The van der Waals surface area contributed by atoms with E-state index in [1.807, 2.05) is 0 Å². The molecule has 2 aliphatic heterocycles. The molecule has 0 aromatic carbocycles. The standard InChI is InChI=1S/C11H14FN3/c12-9-3-10(5-14-4-9)15-7-8-1-2-13-6-11(8)15/h3-5,8,11,13H,1-2,6-7H2/t8-,11-/m0/s1. The number of rotatable bonds is 1. The number of anilines is 1. The molecule has 15 heavy (non-hydrogen) atoms. The highest BCUT2D eigenvalue weighted by Crippen LogP contribution is 2.33. The van der Waals surface area contributed by atoms with E-state index in [1.54, 1.807) is 12.3 Å². The van der Waals surface area contributed by atoms with Gasteiger partial charge >= 0.3 is 0 Å². The highest BCUT2D eigenvalue weighted by Gasteiger charge is 2.40. The van der Waals surface area contributed by atoms with Crippen molar-refractivity contribution < 1.29 is 4.39 Å². The molecule has 2 saturated heterocycles. The van der Waals surface area contributed by atoms with E-state index in [0.717, 1.165) is 31.2 Å². The maximum Gasteiger partial charge on any atom is 0.143 e. The fourth-order valence-corrected chi connectivity index (χ4v) is 2.58. The molecule has 3 nitrogen and oxygen atoms in total. The van der Waals surface area contributed by atoms with Crippen molar-refractivity contribution in [3.63, 3.8) is 0 Å². The average Bonchev–Trinajstić information content (AvgIpc) is 2.20. The van der Waals surface area contributed by atoms with Crippen LogP contribution in [0.5, 0.6) is 0 Å². The summed E-state index contributed by atoms with van der Waals surface area (Å²) in [6.07, 6.45) is 4.23. The van der Waals surface area contributed by atoms with Gasteiger partial charge in [0, 0.05) is 25.2 Å². The molecule has 0 saturated carbocycles. The van der Waals surface area contributed by atoms with Gasteiger partial charge in [-0.05, 0) is 18.9 Å². The normalized spacial score (nSPS) is 29.5. The number of nitrogens with one attached hydrogen (secondary N) is 1. The van der Waals surface area contributed by atoms with Gasteiger partial charge in [-0.25, -0.2) is 4.39 Å². The van der Waals surface area contributed by atoms with Crippen LogP contribution in [0.2, 0.25) is 0 Å². The van der Waals surface area contributed by atoms with Gasteiger partial charge < -0.3 is 10.2 Å². The largest absolute Gasteiger partial charge is 0.365 e. The van der Waals surface area contributed by atoms with Crippen LogP contribution in [0.4, 0.5) is 10.1 Å². The maximum atomic E-state index is 13.0. The lowest BCUT2D eigenvalue weighted by Crippen LogP contribution is -2.63. The molecule has 2 atom stereocenters. The van der Waals surface area contributed by atoms with E-state index in [1.165, 1.54) is 12.6 Å². The first-order valence-electron chi connectivity index (χ1n) is 5.42. The Balaban J connectivity index is 1.79. The molecule has 3 rings (SSSR count). The van der Waals surface area contributed by atoms with Crippen molar-refractivity contribution in [2.75, 3.05) is 24.5 Å². The molecule has 2 aliphatic rings. The molecule has 2 fully saturated rings. The molecule has 3 heterocycles. The third kappa shape index (κ3) is 1.49. The highest BCUT2D eigenvalue weighted by molar-refractivity contribution is 5.49. The Kier molecular flexibility index (Phi) is 2.09. The molecular formula is C11H14FN3. The van der Waals surface area contributed by atoms with Crippen LogP contribution >= 0.6 is 0 Å². The Morgan fingerprint density at radius 2 is 2.40 bits per heavy atom. The van der Waals surface area contributed by atoms with E-state index in [0.29, 0.717) is 6.04 Å². The van der Waals surface area contributed by atoms with Crippen molar-refractivity contribution in [2.24, 2.45) is 5.92 Å². The molecule has 0 radical (unpaired) electrons. The first kappa shape index (κ1) is 9.09. The first-order chi connectivity index (χ1) is 7.34. The smallest absolute Gasteiger partial charge is 0.143 e. The number of hydrogen-bond donors (Lipinski definition) is 1. The SMILES string of the molecule is Fc1cncc(N2C[C@@H]3CCNC[C@@H]32)c1. The fourth-order valence-electron chi connectivity index (χ4n) is 2.58. The van der Waals surface area contributed by atoms with Crippen molar-refractivity contribution in [3.8, 4) is 0 Å². The number of halogens is 1. The Labute approximate surface area is 88.3 Å². The summed E-state index contributed by atoms with van der Waals surface area (Å²) >= 11 is 0. The minimum absolute atomic E-state index is 0.250. The van der Waals surface area contributed by atoms with E-state index in [2.05, 4.69) is 15.2 Å². The number of pyridine rings is 1. The van der Waals surface area contributed by atoms with Crippen molar-refractivity contribution in [1.82, 2.24) is 10.3 Å². The molecule has 0 aliphatic carbocycles. The third-order valence-electron chi connectivity index (χ3n) is 3.44. The summed E-state index contributed by atoms with van der Waals surface area (Å²) in [6, 6.07) is 2.11. The summed E-state index contributed by atoms with van der Waals surface area (Å²) in [4.78, 5) is 6.13. The van der Waals surface area contributed by atoms with Gasteiger partial charge in [-0.1, -0.05) is 0 Å². The molecule has 1 aromatic rings. The first-order valence-corrected chi connectivity index (χ1v) is 5.42. The summed E-state index contributed by atoms with van der Waals surface area (Å²) in [7, 11) is 0. The average molecular weight is 207 g/mol. The molecule has 0 bridgehead atoms. The molecule has 4 heteroatoms. The van der Waals surface area contributed by atoms with Crippen LogP contribution in [0.25, 0.3) is 0 Å². The zero-order chi connectivity index (χ0) is 10.3. The van der Waals surface area contributed by atoms with Crippen LogP contribution in [0.1, 0.15) is 6.42 Å². The van der Waals surface area contributed by atoms with Crippen LogP contribution in [0.15, 0.2) is 18.5 Å². The second-order valence-corrected chi connectivity index (χ2v) is 4.33. The lowest BCUT2D eigenvalue weighted by Gasteiger charge is -2.52. The highest BCUT2D eigenvalue weighted by atomic mass is 19.1. The lowest BCUT2D eigenvalue weighted by atomic mass is 9.83. The van der Waals surface area contributed by atoms with Crippen LogP contribution in [-0.4, -0.2) is 30.7 Å². The second kappa shape index (κ2) is 3.45. The topological polar surface area (TPSA) is 28.2 Å². The van der Waals surface area contributed by atoms with E-state index in [9.17, 15) is 4.39 Å². The Morgan fingerprint density at radius 3 is 3.20 bits per heavy atom. The van der Waals surface area contributed by atoms with Gasteiger partial charge in [0.2, 0.25) is 0 Å². The molecule has 0 unspecified atom stereocenters. The van der Waals surface area contributed by atoms with Gasteiger partial charge in [-0.3, -0.25) is 4.98 Å². The van der Waals surface area contributed by atoms with E-state index >= 15 is 0 Å². The van der Waals surface area contributed by atoms with Gasteiger partial charge in [0.25, 0.3) is 0 Å². The molecule has 80 valence electrons. The molecule has 0 amide bonds. The van der Waals surface area contributed by atoms with Crippen molar-refractivity contribution in [3.05, 3.63) is 24.3 Å². The summed E-state index contributed by atoms with van der Waals surface area (Å²) in [5, 5.41) is 3.37. The van der Waals surface area contributed by atoms with Gasteiger partial charge in [0.15, 0.2) is 0 Å². The van der Waals surface area contributed by atoms with E-state index in [-0.39, 0.29) is 5.82 Å². The summed E-state index contributed by atoms with van der Waals surface area (Å²) in [6.45, 7) is 3.19. The Hall–Kier alpha value is -1.16. The molecular weight excluding hydrogens is 193 g/mol. The lowest BCUT2D eigenvalue weighted by molar-refractivity contribution is 0.229. The van der Waals surface area contributed by atoms with Crippen LogP contribution in [0.3, 0.4) is 0 Å². The minimum Gasteiger partial charge on any atom is -0.365 e. The number of fused-ring (bicyclic) bond motifs is 1. The Bertz CT molecular complexity index is 369. The molecule has 1 N–H and O–H groups in total.